The van der Waals surface area contributed by atoms with E-state index >= 15 is 0 Å². The van der Waals surface area contributed by atoms with Crippen LogP contribution in [0.4, 0.5) is 5.69 Å². The van der Waals surface area contributed by atoms with Crippen LogP contribution in [0.5, 0.6) is 0 Å². The third-order valence-electron chi connectivity index (χ3n) is 3.39. The number of ketones is 1. The molecule has 0 spiro atoms. The van der Waals surface area contributed by atoms with E-state index in [2.05, 4.69) is 4.98 Å². The summed E-state index contributed by atoms with van der Waals surface area (Å²) >= 11 is 6.01. The molecule has 0 unspecified atom stereocenters. The molecule has 1 aromatic heterocycles. The molecule has 0 aliphatic carbocycles. The lowest BCUT2D eigenvalue weighted by molar-refractivity contribution is -0.114. The molecule has 1 amide bonds. The molecule has 1 aromatic carbocycles. The summed E-state index contributed by atoms with van der Waals surface area (Å²) < 4.78 is 1.93. The molecule has 1 aliphatic rings. The van der Waals surface area contributed by atoms with Crippen LogP contribution in [0, 0.1) is 0 Å². The second-order valence-corrected chi connectivity index (χ2v) is 4.89. The largest absolute Gasteiger partial charge is 0.334 e. The van der Waals surface area contributed by atoms with Crippen molar-refractivity contribution in [1.29, 1.82) is 0 Å². The van der Waals surface area contributed by atoms with E-state index in [1.165, 1.54) is 4.90 Å². The Morgan fingerprint density at radius 2 is 2.10 bits per heavy atom. The molecule has 5 nitrogen and oxygen atoms in total. The van der Waals surface area contributed by atoms with E-state index in [1.54, 1.807) is 24.4 Å². The molecule has 0 atom stereocenters. The first-order valence-corrected chi connectivity index (χ1v) is 6.66. The van der Waals surface area contributed by atoms with Gasteiger partial charge in [-0.3, -0.25) is 14.5 Å². The van der Waals surface area contributed by atoms with E-state index in [0.29, 0.717) is 10.7 Å². The van der Waals surface area contributed by atoms with Crippen molar-refractivity contribution in [3.05, 3.63) is 47.0 Å². The molecule has 0 saturated heterocycles. The molecule has 102 valence electrons. The average molecular weight is 290 g/mol. The van der Waals surface area contributed by atoms with Gasteiger partial charge in [0.25, 0.3) is 11.7 Å². The fourth-order valence-electron chi connectivity index (χ4n) is 2.38. The molecule has 0 radical (unpaired) electrons. The predicted octanol–water partition coefficient (Wildman–Crippen LogP) is 2.29. The SMILES string of the molecule is CCn1ccnc1CN1C(=O)C(=O)c2c(Cl)cccc21. The Kier molecular flexibility index (Phi) is 3.06. The van der Waals surface area contributed by atoms with Crippen molar-refractivity contribution in [1.82, 2.24) is 9.55 Å². The molecule has 6 heteroatoms. The average Bonchev–Trinajstić information content (AvgIpc) is 2.98. The van der Waals surface area contributed by atoms with E-state index in [1.807, 2.05) is 17.7 Å². The maximum Gasteiger partial charge on any atom is 0.299 e. The lowest BCUT2D eigenvalue weighted by atomic mass is 10.1. The van der Waals surface area contributed by atoms with Gasteiger partial charge < -0.3 is 4.57 Å². The van der Waals surface area contributed by atoms with Crippen molar-refractivity contribution in [2.24, 2.45) is 0 Å². The zero-order valence-electron chi connectivity index (χ0n) is 10.8. The lowest BCUT2D eigenvalue weighted by Gasteiger charge is -2.16. The number of halogens is 1. The number of amides is 1. The number of rotatable bonds is 3. The summed E-state index contributed by atoms with van der Waals surface area (Å²) in [4.78, 5) is 29.8. The minimum Gasteiger partial charge on any atom is -0.334 e. The van der Waals surface area contributed by atoms with Crippen molar-refractivity contribution in [3.63, 3.8) is 0 Å². The monoisotopic (exact) mass is 289 g/mol. The van der Waals surface area contributed by atoms with Crippen molar-refractivity contribution in [3.8, 4) is 0 Å². The molecule has 20 heavy (non-hydrogen) atoms. The van der Waals surface area contributed by atoms with Gasteiger partial charge in [0.2, 0.25) is 0 Å². The first kappa shape index (κ1) is 12.9. The van der Waals surface area contributed by atoms with E-state index in [-0.39, 0.29) is 12.1 Å². The van der Waals surface area contributed by atoms with Crippen LogP contribution < -0.4 is 4.90 Å². The van der Waals surface area contributed by atoms with Crippen LogP contribution in [-0.4, -0.2) is 21.2 Å². The third-order valence-corrected chi connectivity index (χ3v) is 3.71. The van der Waals surface area contributed by atoms with E-state index in [9.17, 15) is 9.59 Å². The highest BCUT2D eigenvalue weighted by atomic mass is 35.5. The summed E-state index contributed by atoms with van der Waals surface area (Å²) in [6.07, 6.45) is 3.52. The molecule has 0 N–H and O–H groups in total. The number of aryl methyl sites for hydroxylation is 1. The van der Waals surface area contributed by atoms with E-state index in [0.717, 1.165) is 12.4 Å². The van der Waals surface area contributed by atoms with Gasteiger partial charge in [0.1, 0.15) is 5.82 Å². The van der Waals surface area contributed by atoms with Gasteiger partial charge >= 0.3 is 0 Å². The molecule has 0 fully saturated rings. The van der Waals surface area contributed by atoms with Gasteiger partial charge in [0.05, 0.1) is 22.8 Å². The molecule has 0 bridgehead atoms. The molecule has 3 rings (SSSR count). The first-order valence-electron chi connectivity index (χ1n) is 6.28. The highest BCUT2D eigenvalue weighted by molar-refractivity contribution is 6.55. The van der Waals surface area contributed by atoms with Gasteiger partial charge in [0.15, 0.2) is 0 Å². The normalized spacial score (nSPS) is 14.0. The smallest absolute Gasteiger partial charge is 0.299 e. The van der Waals surface area contributed by atoms with Crippen LogP contribution in [0.1, 0.15) is 23.1 Å². The zero-order chi connectivity index (χ0) is 14.3. The summed E-state index contributed by atoms with van der Waals surface area (Å²) in [7, 11) is 0. The Hall–Kier alpha value is -2.14. The van der Waals surface area contributed by atoms with Crippen molar-refractivity contribution >= 4 is 29.0 Å². The lowest BCUT2D eigenvalue weighted by Crippen LogP contribution is -2.30. The summed E-state index contributed by atoms with van der Waals surface area (Å²) in [6.45, 7) is 3.01. The third kappa shape index (κ3) is 1.82. The quantitative estimate of drug-likeness (QED) is 0.815. The number of carbonyl (C=O) groups excluding carboxylic acids is 2. The minimum absolute atomic E-state index is 0.263. The molecular weight excluding hydrogens is 278 g/mol. The Labute approximate surface area is 120 Å². The van der Waals surface area contributed by atoms with Crippen LogP contribution in [0.2, 0.25) is 5.02 Å². The van der Waals surface area contributed by atoms with Gasteiger partial charge in [-0.1, -0.05) is 17.7 Å². The van der Waals surface area contributed by atoms with Crippen LogP contribution in [-0.2, 0) is 17.9 Å². The Bertz CT molecular complexity index is 708. The number of aromatic nitrogens is 2. The second kappa shape index (κ2) is 4.76. The Morgan fingerprint density at radius 3 is 2.85 bits per heavy atom. The van der Waals surface area contributed by atoms with Crippen molar-refractivity contribution in [2.75, 3.05) is 4.90 Å². The fourth-order valence-corrected chi connectivity index (χ4v) is 2.63. The number of carbonyl (C=O) groups is 2. The van der Waals surface area contributed by atoms with Gasteiger partial charge in [-0.25, -0.2) is 4.98 Å². The van der Waals surface area contributed by atoms with Gasteiger partial charge in [0, 0.05) is 18.9 Å². The summed E-state index contributed by atoms with van der Waals surface area (Å²) in [5.41, 5.74) is 0.840. The summed E-state index contributed by atoms with van der Waals surface area (Å²) in [5, 5.41) is 0.308. The van der Waals surface area contributed by atoms with Crippen LogP contribution in [0.3, 0.4) is 0 Å². The van der Waals surface area contributed by atoms with Crippen LogP contribution >= 0.6 is 11.6 Å². The summed E-state index contributed by atoms with van der Waals surface area (Å²) in [5.74, 6) is -0.375. The number of hydrogen-bond donors (Lipinski definition) is 0. The van der Waals surface area contributed by atoms with E-state index in [4.69, 9.17) is 11.6 Å². The number of anilines is 1. The standard InChI is InChI=1S/C14H12ClN3O2/c1-2-17-7-6-16-11(17)8-18-10-5-3-4-9(15)12(10)13(19)14(18)20/h3-7H,2,8H2,1H3. The van der Waals surface area contributed by atoms with E-state index < -0.39 is 11.7 Å². The fraction of sp³-hybridized carbons (Fsp3) is 0.214. The number of hydrogen-bond acceptors (Lipinski definition) is 3. The maximum atomic E-state index is 12.1. The number of nitrogens with zero attached hydrogens (tertiary/aromatic N) is 3. The summed E-state index contributed by atoms with van der Waals surface area (Å²) in [6, 6.07) is 5.07. The molecule has 0 saturated carbocycles. The van der Waals surface area contributed by atoms with Gasteiger partial charge in [-0.05, 0) is 19.1 Å². The van der Waals surface area contributed by atoms with Gasteiger partial charge in [-0.2, -0.15) is 0 Å². The number of Topliss-reactive ketones (excluding diaryl/α,β-unsaturated/α-hetero) is 1. The van der Waals surface area contributed by atoms with Crippen molar-refractivity contribution < 1.29 is 9.59 Å². The molecular formula is C14H12ClN3O2. The molecule has 2 heterocycles. The Morgan fingerprint density at radius 1 is 1.30 bits per heavy atom. The number of imidazole rings is 1. The number of fused-ring (bicyclic) bond motifs is 1. The van der Waals surface area contributed by atoms with Crippen LogP contribution in [0.15, 0.2) is 30.6 Å². The molecule has 1 aliphatic heterocycles. The number of benzene rings is 1. The van der Waals surface area contributed by atoms with Crippen LogP contribution in [0.25, 0.3) is 0 Å². The zero-order valence-corrected chi connectivity index (χ0v) is 11.6. The highest BCUT2D eigenvalue weighted by Gasteiger charge is 2.37. The van der Waals surface area contributed by atoms with Gasteiger partial charge in [-0.15, -0.1) is 0 Å². The predicted molar refractivity (Wildman–Crippen MR) is 74.9 cm³/mol. The minimum atomic E-state index is -0.557. The maximum absolute atomic E-state index is 12.1. The first-order chi connectivity index (χ1) is 9.63. The topological polar surface area (TPSA) is 55.2 Å². The van der Waals surface area contributed by atoms with Crippen molar-refractivity contribution in [2.45, 2.75) is 20.0 Å². The molecule has 2 aromatic rings. The Balaban J connectivity index is 2.02. The highest BCUT2D eigenvalue weighted by Crippen LogP contribution is 2.34. The second-order valence-electron chi connectivity index (χ2n) is 4.48.